The molecule has 0 amide bonds. The maximum absolute atomic E-state index is 13.7. The van der Waals surface area contributed by atoms with E-state index < -0.39 is 23.8 Å². The van der Waals surface area contributed by atoms with E-state index in [1.807, 2.05) is 24.3 Å². The van der Waals surface area contributed by atoms with Gasteiger partial charge in [-0.15, -0.1) is 0 Å². The minimum atomic E-state index is -1.11. The Balaban J connectivity index is 1.97. The van der Waals surface area contributed by atoms with Crippen LogP contribution in [0.25, 0.3) is 0 Å². The summed E-state index contributed by atoms with van der Waals surface area (Å²) in [4.78, 5) is 0. The average Bonchev–Trinajstić information content (AvgIpc) is 2.84. The highest BCUT2D eigenvalue weighted by atomic mass is 19.1. The van der Waals surface area contributed by atoms with E-state index in [9.17, 15) is 13.9 Å². The van der Waals surface area contributed by atoms with Gasteiger partial charge < -0.3 is 10.4 Å². The molecule has 0 aromatic heterocycles. The van der Waals surface area contributed by atoms with E-state index in [0.29, 0.717) is 6.54 Å². The number of fused-ring (bicyclic) bond motifs is 1. The highest BCUT2D eigenvalue weighted by Gasteiger charge is 2.30. The van der Waals surface area contributed by atoms with Gasteiger partial charge in [-0.1, -0.05) is 24.3 Å². The second-order valence-electron chi connectivity index (χ2n) is 4.67. The van der Waals surface area contributed by atoms with Gasteiger partial charge in [0.15, 0.2) is 0 Å². The zero-order chi connectivity index (χ0) is 13.4. The van der Waals surface area contributed by atoms with E-state index in [4.69, 9.17) is 0 Å². The zero-order valence-corrected chi connectivity index (χ0v) is 10.1. The Morgan fingerprint density at radius 1 is 1.16 bits per heavy atom. The van der Waals surface area contributed by atoms with Crippen molar-refractivity contribution in [3.63, 3.8) is 0 Å². The van der Waals surface area contributed by atoms with Gasteiger partial charge in [0.25, 0.3) is 0 Å². The molecule has 0 saturated heterocycles. The highest BCUT2D eigenvalue weighted by Crippen LogP contribution is 2.36. The van der Waals surface area contributed by atoms with Crippen LogP contribution in [-0.2, 0) is 6.54 Å². The number of rotatable bonds is 2. The van der Waals surface area contributed by atoms with Crippen LogP contribution in [0.3, 0.4) is 0 Å². The number of hydrogen-bond acceptors (Lipinski definition) is 2. The molecule has 0 spiro atoms. The standard InChI is InChI=1S/C15H13F2NO/c16-10-5-6-13(17)12(7-10)15(19)14-11-4-2-1-3-9(11)8-18-14/h1-7,14-15,18-19H,8H2. The summed E-state index contributed by atoms with van der Waals surface area (Å²) in [5.74, 6) is -1.15. The molecule has 98 valence electrons. The first-order chi connectivity index (χ1) is 9.16. The third kappa shape index (κ3) is 2.13. The number of halogens is 2. The SMILES string of the molecule is OC(c1cc(F)ccc1F)C1NCc2ccccc21. The van der Waals surface area contributed by atoms with Gasteiger partial charge in [-0.2, -0.15) is 0 Å². The number of benzene rings is 2. The van der Waals surface area contributed by atoms with Crippen LogP contribution in [0, 0.1) is 11.6 Å². The Hall–Kier alpha value is -1.78. The van der Waals surface area contributed by atoms with Crippen LogP contribution in [0.5, 0.6) is 0 Å². The number of hydrogen-bond donors (Lipinski definition) is 2. The van der Waals surface area contributed by atoms with Crippen LogP contribution < -0.4 is 5.32 Å². The minimum Gasteiger partial charge on any atom is -0.386 e. The van der Waals surface area contributed by atoms with Gasteiger partial charge in [0.05, 0.1) is 6.04 Å². The maximum Gasteiger partial charge on any atom is 0.129 e. The summed E-state index contributed by atoms with van der Waals surface area (Å²) in [6.45, 7) is 0.620. The van der Waals surface area contributed by atoms with Crippen molar-refractivity contribution >= 4 is 0 Å². The van der Waals surface area contributed by atoms with Gasteiger partial charge in [-0.3, -0.25) is 0 Å². The zero-order valence-electron chi connectivity index (χ0n) is 10.1. The summed E-state index contributed by atoms with van der Waals surface area (Å²) in [6, 6.07) is 10.3. The summed E-state index contributed by atoms with van der Waals surface area (Å²) >= 11 is 0. The van der Waals surface area contributed by atoms with Crippen molar-refractivity contribution in [1.82, 2.24) is 5.32 Å². The molecule has 0 saturated carbocycles. The molecule has 0 bridgehead atoms. The molecule has 19 heavy (non-hydrogen) atoms. The summed E-state index contributed by atoms with van der Waals surface area (Å²) < 4.78 is 26.9. The lowest BCUT2D eigenvalue weighted by Gasteiger charge is -2.20. The molecule has 4 heteroatoms. The smallest absolute Gasteiger partial charge is 0.129 e. The third-order valence-electron chi connectivity index (χ3n) is 3.50. The number of aliphatic hydroxyl groups excluding tert-OH is 1. The van der Waals surface area contributed by atoms with Crippen LogP contribution in [0.2, 0.25) is 0 Å². The molecule has 2 unspecified atom stereocenters. The van der Waals surface area contributed by atoms with Crippen molar-refractivity contribution in [2.45, 2.75) is 18.7 Å². The molecule has 2 atom stereocenters. The fraction of sp³-hybridized carbons (Fsp3) is 0.200. The number of aliphatic hydroxyl groups is 1. The van der Waals surface area contributed by atoms with Gasteiger partial charge in [-0.25, -0.2) is 8.78 Å². The van der Waals surface area contributed by atoms with Gasteiger partial charge in [0.1, 0.15) is 17.7 Å². The van der Waals surface area contributed by atoms with E-state index in [-0.39, 0.29) is 5.56 Å². The molecule has 1 aliphatic rings. The fourth-order valence-electron chi connectivity index (χ4n) is 2.53. The van der Waals surface area contributed by atoms with E-state index in [1.165, 1.54) is 0 Å². The van der Waals surface area contributed by atoms with Crippen LogP contribution in [0.15, 0.2) is 42.5 Å². The molecule has 2 nitrogen and oxygen atoms in total. The Kier molecular flexibility index (Phi) is 3.05. The number of nitrogens with one attached hydrogen (secondary N) is 1. The van der Waals surface area contributed by atoms with Crippen LogP contribution >= 0.6 is 0 Å². The first-order valence-electron chi connectivity index (χ1n) is 6.11. The minimum absolute atomic E-state index is 0.0193. The molecular weight excluding hydrogens is 248 g/mol. The maximum atomic E-state index is 13.7. The Bertz CT molecular complexity index is 615. The molecule has 2 N–H and O–H groups in total. The van der Waals surface area contributed by atoms with E-state index in [1.54, 1.807) is 0 Å². The second kappa shape index (κ2) is 4.72. The van der Waals surface area contributed by atoms with Gasteiger partial charge in [0.2, 0.25) is 0 Å². The summed E-state index contributed by atoms with van der Waals surface area (Å²) in [5, 5.41) is 13.4. The van der Waals surface area contributed by atoms with Crippen molar-refractivity contribution < 1.29 is 13.9 Å². The first kappa shape index (κ1) is 12.3. The molecule has 0 aliphatic carbocycles. The van der Waals surface area contributed by atoms with Crippen LogP contribution in [0.4, 0.5) is 8.78 Å². The molecule has 0 fully saturated rings. The quantitative estimate of drug-likeness (QED) is 0.871. The first-order valence-corrected chi connectivity index (χ1v) is 6.11. The lowest BCUT2D eigenvalue weighted by molar-refractivity contribution is 0.129. The molecule has 0 radical (unpaired) electrons. The molecule has 1 aliphatic heterocycles. The second-order valence-corrected chi connectivity index (χ2v) is 4.67. The predicted molar refractivity (Wildman–Crippen MR) is 67.3 cm³/mol. The summed E-state index contributed by atoms with van der Waals surface area (Å²) in [6.07, 6.45) is -1.11. The predicted octanol–water partition coefficient (Wildman–Crippen LogP) is 2.84. The Labute approximate surface area is 109 Å². The Morgan fingerprint density at radius 2 is 1.95 bits per heavy atom. The van der Waals surface area contributed by atoms with Crippen molar-refractivity contribution in [2.24, 2.45) is 0 Å². The molecular formula is C15H13F2NO. The molecule has 2 aromatic carbocycles. The summed E-state index contributed by atoms with van der Waals surface area (Å²) in [5.41, 5.74) is 1.98. The third-order valence-corrected chi connectivity index (χ3v) is 3.50. The Morgan fingerprint density at radius 3 is 2.79 bits per heavy atom. The van der Waals surface area contributed by atoms with Crippen molar-refractivity contribution in [1.29, 1.82) is 0 Å². The molecule has 3 rings (SSSR count). The monoisotopic (exact) mass is 261 g/mol. The highest BCUT2D eigenvalue weighted by molar-refractivity contribution is 5.36. The van der Waals surface area contributed by atoms with Crippen LogP contribution in [0.1, 0.15) is 28.8 Å². The molecule has 2 aromatic rings. The van der Waals surface area contributed by atoms with Gasteiger partial charge in [0, 0.05) is 12.1 Å². The topological polar surface area (TPSA) is 32.3 Å². The van der Waals surface area contributed by atoms with Crippen LogP contribution in [-0.4, -0.2) is 5.11 Å². The normalized spacial score (nSPS) is 19.2. The largest absolute Gasteiger partial charge is 0.386 e. The lowest BCUT2D eigenvalue weighted by Crippen LogP contribution is -2.21. The van der Waals surface area contributed by atoms with E-state index >= 15 is 0 Å². The fourth-order valence-corrected chi connectivity index (χ4v) is 2.53. The summed E-state index contributed by atoms with van der Waals surface area (Å²) in [7, 11) is 0. The van der Waals surface area contributed by atoms with Gasteiger partial charge in [-0.05, 0) is 29.3 Å². The van der Waals surface area contributed by atoms with E-state index in [2.05, 4.69) is 5.32 Å². The van der Waals surface area contributed by atoms with Gasteiger partial charge >= 0.3 is 0 Å². The van der Waals surface area contributed by atoms with Crippen molar-refractivity contribution in [2.75, 3.05) is 0 Å². The van der Waals surface area contributed by atoms with Crippen molar-refractivity contribution in [3.05, 3.63) is 70.8 Å². The lowest BCUT2D eigenvalue weighted by atomic mass is 9.95. The van der Waals surface area contributed by atoms with Crippen molar-refractivity contribution in [3.8, 4) is 0 Å². The molecule has 1 heterocycles. The van der Waals surface area contributed by atoms with E-state index in [0.717, 1.165) is 29.3 Å². The average molecular weight is 261 g/mol.